The van der Waals surface area contributed by atoms with Crippen molar-refractivity contribution in [3.05, 3.63) is 0 Å². The van der Waals surface area contributed by atoms with Crippen LogP contribution < -0.4 is 5.32 Å². The Kier molecular flexibility index (Phi) is 9.16. The van der Waals surface area contributed by atoms with E-state index in [0.717, 1.165) is 0 Å². The number of methoxy groups -OCH3 is 1. The van der Waals surface area contributed by atoms with E-state index in [1.165, 1.54) is 0 Å². The van der Waals surface area contributed by atoms with Gasteiger partial charge in [0.25, 0.3) is 0 Å². The Balaban J connectivity index is 4.26. The van der Waals surface area contributed by atoms with Crippen molar-refractivity contribution >= 4 is 11.9 Å². The third-order valence-corrected chi connectivity index (χ3v) is 2.63. The molecule has 0 rings (SSSR count). The predicted octanol–water partition coefficient (Wildman–Crippen LogP) is 0.991. The van der Waals surface area contributed by atoms with Crippen molar-refractivity contribution < 1.29 is 23.8 Å². The van der Waals surface area contributed by atoms with Crippen LogP contribution in [0.25, 0.3) is 0 Å². The molecule has 0 radical (unpaired) electrons. The van der Waals surface area contributed by atoms with Crippen molar-refractivity contribution in [2.45, 2.75) is 27.7 Å². The van der Waals surface area contributed by atoms with Gasteiger partial charge in [-0.25, -0.2) is 0 Å². The summed E-state index contributed by atoms with van der Waals surface area (Å²) in [6.45, 7) is 9.23. The lowest BCUT2D eigenvalue weighted by Gasteiger charge is -2.27. The maximum absolute atomic E-state index is 12.1. The number of carbonyl (C=O) groups excluding carboxylic acids is 2. The molecule has 20 heavy (non-hydrogen) atoms. The van der Waals surface area contributed by atoms with Gasteiger partial charge in [0.05, 0.1) is 26.4 Å². The van der Waals surface area contributed by atoms with Crippen molar-refractivity contribution in [3.63, 3.8) is 0 Å². The maximum atomic E-state index is 12.1. The molecule has 0 aliphatic rings. The summed E-state index contributed by atoms with van der Waals surface area (Å²) in [5, 5.41) is 2.70. The molecule has 0 aliphatic heterocycles. The molecule has 0 saturated carbocycles. The van der Waals surface area contributed by atoms with Gasteiger partial charge in [-0.15, -0.1) is 0 Å². The Labute approximate surface area is 121 Å². The van der Waals surface area contributed by atoms with Crippen LogP contribution in [0.5, 0.6) is 0 Å². The summed E-state index contributed by atoms with van der Waals surface area (Å²) >= 11 is 0. The number of hydrogen-bond donors (Lipinski definition) is 1. The zero-order chi connectivity index (χ0) is 15.6. The highest BCUT2D eigenvalue weighted by Gasteiger charge is 2.38. The first-order valence-corrected chi connectivity index (χ1v) is 6.85. The zero-order valence-corrected chi connectivity index (χ0v) is 13.2. The Bertz CT molecular complexity index is 298. The molecule has 0 aromatic rings. The summed E-state index contributed by atoms with van der Waals surface area (Å²) in [6.07, 6.45) is 0. The Hall–Kier alpha value is -1.14. The first kappa shape index (κ1) is 18.9. The van der Waals surface area contributed by atoms with Crippen LogP contribution in [0.1, 0.15) is 27.7 Å². The molecule has 0 aromatic heterocycles. The third-order valence-electron chi connectivity index (χ3n) is 2.63. The Morgan fingerprint density at radius 3 is 2.30 bits per heavy atom. The first-order chi connectivity index (χ1) is 9.34. The van der Waals surface area contributed by atoms with E-state index < -0.39 is 17.3 Å². The van der Waals surface area contributed by atoms with Crippen molar-refractivity contribution in [2.75, 3.05) is 40.1 Å². The van der Waals surface area contributed by atoms with E-state index in [9.17, 15) is 9.59 Å². The summed E-state index contributed by atoms with van der Waals surface area (Å²) < 4.78 is 15.0. The summed E-state index contributed by atoms with van der Waals surface area (Å²) in [6, 6.07) is 0. The molecule has 0 spiro atoms. The van der Waals surface area contributed by atoms with Crippen LogP contribution in [-0.2, 0) is 23.8 Å². The average Bonchev–Trinajstić information content (AvgIpc) is 2.32. The largest absolute Gasteiger partial charge is 0.465 e. The minimum atomic E-state index is -0.818. The second kappa shape index (κ2) is 9.72. The highest BCUT2D eigenvalue weighted by atomic mass is 16.5. The molecule has 0 aromatic carbocycles. The molecule has 1 N–H and O–H groups in total. The van der Waals surface area contributed by atoms with Crippen LogP contribution in [-0.4, -0.2) is 52.0 Å². The minimum absolute atomic E-state index is 0.263. The highest BCUT2D eigenvalue weighted by Crippen LogP contribution is 2.27. The molecule has 1 atom stereocenters. The number of nitrogens with one attached hydrogen (secondary N) is 1. The molecular weight excluding hydrogens is 262 g/mol. The smallest absolute Gasteiger partial charge is 0.319 e. The van der Waals surface area contributed by atoms with Crippen molar-refractivity contribution in [1.82, 2.24) is 5.32 Å². The van der Waals surface area contributed by atoms with E-state index in [2.05, 4.69) is 5.32 Å². The van der Waals surface area contributed by atoms with Gasteiger partial charge in [-0.3, -0.25) is 9.59 Å². The van der Waals surface area contributed by atoms with Gasteiger partial charge in [-0.2, -0.15) is 0 Å². The van der Waals surface area contributed by atoms with Crippen LogP contribution in [0.2, 0.25) is 0 Å². The fourth-order valence-corrected chi connectivity index (χ4v) is 1.67. The predicted molar refractivity (Wildman–Crippen MR) is 75.3 cm³/mol. The second-order valence-electron chi connectivity index (χ2n) is 5.45. The van der Waals surface area contributed by atoms with Crippen LogP contribution in [0.3, 0.4) is 0 Å². The van der Waals surface area contributed by atoms with E-state index in [4.69, 9.17) is 14.2 Å². The van der Waals surface area contributed by atoms with Gasteiger partial charge in [0.2, 0.25) is 5.91 Å². The quantitative estimate of drug-likeness (QED) is 0.389. The normalized spacial score (nSPS) is 12.8. The number of carbonyl (C=O) groups is 2. The molecule has 1 unspecified atom stereocenters. The summed E-state index contributed by atoms with van der Waals surface area (Å²) in [5.41, 5.74) is -0.493. The van der Waals surface area contributed by atoms with Gasteiger partial charge in [0.1, 0.15) is 5.92 Å². The molecule has 6 nitrogen and oxygen atoms in total. The zero-order valence-electron chi connectivity index (χ0n) is 13.2. The molecule has 0 saturated heterocycles. The average molecular weight is 289 g/mol. The minimum Gasteiger partial charge on any atom is -0.465 e. The Morgan fingerprint density at radius 2 is 1.80 bits per heavy atom. The third kappa shape index (κ3) is 7.45. The number of hydrogen-bond acceptors (Lipinski definition) is 5. The standard InChI is InChI=1S/C14H27NO5/c1-6-20-13(17)11(14(2,3)4)12(16)15-7-8-19-10-9-18-5/h11H,6-10H2,1-5H3,(H,15,16). The number of amides is 1. The highest BCUT2D eigenvalue weighted by molar-refractivity contribution is 5.98. The van der Waals surface area contributed by atoms with Gasteiger partial charge in [0, 0.05) is 13.7 Å². The van der Waals surface area contributed by atoms with E-state index in [0.29, 0.717) is 26.4 Å². The Morgan fingerprint density at radius 1 is 1.15 bits per heavy atom. The van der Waals surface area contributed by atoms with Crippen molar-refractivity contribution in [1.29, 1.82) is 0 Å². The van der Waals surface area contributed by atoms with E-state index >= 15 is 0 Å². The second-order valence-corrected chi connectivity index (χ2v) is 5.45. The molecule has 1 amide bonds. The van der Waals surface area contributed by atoms with E-state index in [1.54, 1.807) is 14.0 Å². The fraction of sp³-hybridized carbons (Fsp3) is 0.857. The molecule has 6 heteroatoms. The van der Waals surface area contributed by atoms with Gasteiger partial charge in [0.15, 0.2) is 0 Å². The van der Waals surface area contributed by atoms with Gasteiger partial charge in [-0.1, -0.05) is 20.8 Å². The topological polar surface area (TPSA) is 73.9 Å². The molecular formula is C14H27NO5. The van der Waals surface area contributed by atoms with Gasteiger partial charge in [-0.05, 0) is 12.3 Å². The van der Waals surface area contributed by atoms with E-state index in [1.807, 2.05) is 20.8 Å². The van der Waals surface area contributed by atoms with Crippen molar-refractivity contribution in [2.24, 2.45) is 11.3 Å². The fourth-order valence-electron chi connectivity index (χ4n) is 1.67. The SMILES string of the molecule is CCOC(=O)C(C(=O)NCCOCCOC)C(C)(C)C. The number of rotatable bonds is 9. The molecule has 0 bridgehead atoms. The first-order valence-electron chi connectivity index (χ1n) is 6.85. The lowest BCUT2D eigenvalue weighted by molar-refractivity contribution is -0.156. The maximum Gasteiger partial charge on any atom is 0.319 e. The van der Waals surface area contributed by atoms with Crippen LogP contribution in [0.4, 0.5) is 0 Å². The van der Waals surface area contributed by atoms with Crippen molar-refractivity contribution in [3.8, 4) is 0 Å². The molecule has 0 aliphatic carbocycles. The molecule has 0 fully saturated rings. The summed E-state index contributed by atoms with van der Waals surface area (Å²) in [7, 11) is 1.60. The van der Waals surface area contributed by atoms with Gasteiger partial charge >= 0.3 is 5.97 Å². The van der Waals surface area contributed by atoms with Gasteiger partial charge < -0.3 is 19.5 Å². The number of esters is 1. The van der Waals surface area contributed by atoms with E-state index in [-0.39, 0.29) is 12.5 Å². The molecule has 118 valence electrons. The van der Waals surface area contributed by atoms with Crippen LogP contribution >= 0.6 is 0 Å². The monoisotopic (exact) mass is 289 g/mol. The lowest BCUT2D eigenvalue weighted by Crippen LogP contribution is -2.44. The van der Waals surface area contributed by atoms with Crippen LogP contribution in [0.15, 0.2) is 0 Å². The summed E-state index contributed by atoms with van der Waals surface area (Å²) in [4.78, 5) is 24.0. The molecule has 0 heterocycles. The summed E-state index contributed by atoms with van der Waals surface area (Å²) in [5.74, 6) is -1.63. The van der Waals surface area contributed by atoms with Crippen LogP contribution in [0, 0.1) is 11.3 Å². The number of ether oxygens (including phenoxy) is 3. The lowest BCUT2D eigenvalue weighted by atomic mass is 9.80.